The minimum absolute atomic E-state index is 0.245. The van der Waals surface area contributed by atoms with Gasteiger partial charge in [0.2, 0.25) is 6.79 Å². The minimum Gasteiger partial charge on any atom is -0.454 e. The zero-order valence-corrected chi connectivity index (χ0v) is 12.2. The van der Waals surface area contributed by atoms with Gasteiger partial charge in [-0.1, -0.05) is 18.0 Å². The van der Waals surface area contributed by atoms with E-state index in [0.29, 0.717) is 16.8 Å². The second-order valence-corrected chi connectivity index (χ2v) is 5.85. The van der Waals surface area contributed by atoms with Gasteiger partial charge in [0.15, 0.2) is 11.5 Å². The van der Waals surface area contributed by atoms with Gasteiger partial charge in [-0.05, 0) is 43.5 Å². The molecule has 3 rings (SSSR count). The van der Waals surface area contributed by atoms with Gasteiger partial charge in [0.1, 0.15) is 0 Å². The van der Waals surface area contributed by atoms with Crippen LogP contribution in [0.1, 0.15) is 31.2 Å². The maximum atomic E-state index is 9.19. The number of ether oxygens (including phenoxy) is 2. The molecule has 1 N–H and O–H groups in total. The Hall–Kier alpha value is -0.970. The van der Waals surface area contributed by atoms with Crippen molar-refractivity contribution in [2.45, 2.75) is 38.3 Å². The fourth-order valence-electron chi connectivity index (χ4n) is 3.09. The molecule has 0 aromatic heterocycles. The molecule has 20 heavy (non-hydrogen) atoms. The van der Waals surface area contributed by atoms with Crippen LogP contribution in [-0.4, -0.2) is 36.0 Å². The highest BCUT2D eigenvalue weighted by atomic mass is 35.5. The van der Waals surface area contributed by atoms with E-state index in [1.54, 1.807) is 0 Å². The normalized spacial score (nSPS) is 22.2. The first-order valence-electron chi connectivity index (χ1n) is 7.21. The summed E-state index contributed by atoms with van der Waals surface area (Å²) in [5.41, 5.74) is 1.14. The van der Waals surface area contributed by atoms with Gasteiger partial charge in [-0.2, -0.15) is 0 Å². The molecule has 1 aromatic carbocycles. The molecule has 110 valence electrons. The molecule has 1 saturated heterocycles. The van der Waals surface area contributed by atoms with Crippen molar-refractivity contribution in [1.29, 1.82) is 0 Å². The van der Waals surface area contributed by atoms with Crippen molar-refractivity contribution in [3.63, 3.8) is 0 Å². The van der Waals surface area contributed by atoms with Crippen molar-refractivity contribution in [2.75, 3.05) is 19.9 Å². The molecule has 2 aliphatic heterocycles. The third kappa shape index (κ3) is 2.87. The van der Waals surface area contributed by atoms with E-state index in [0.717, 1.165) is 30.8 Å². The molecule has 0 spiro atoms. The summed E-state index contributed by atoms with van der Waals surface area (Å²) in [4.78, 5) is 2.44. The second-order valence-electron chi connectivity index (χ2n) is 5.44. The number of nitrogens with zero attached hydrogens (tertiary/aromatic N) is 1. The molecule has 4 nitrogen and oxygen atoms in total. The van der Waals surface area contributed by atoms with Gasteiger partial charge in [0.25, 0.3) is 0 Å². The number of aliphatic hydroxyl groups is 1. The number of likely N-dealkylation sites (tertiary alicyclic amines) is 1. The van der Waals surface area contributed by atoms with Crippen molar-refractivity contribution >= 4 is 11.6 Å². The number of benzene rings is 1. The van der Waals surface area contributed by atoms with E-state index in [-0.39, 0.29) is 13.4 Å². The zero-order valence-electron chi connectivity index (χ0n) is 11.5. The van der Waals surface area contributed by atoms with Crippen LogP contribution in [0.4, 0.5) is 0 Å². The molecular weight excluding hydrogens is 278 g/mol. The lowest BCUT2D eigenvalue weighted by Crippen LogP contribution is -2.39. The maximum Gasteiger partial charge on any atom is 0.231 e. The van der Waals surface area contributed by atoms with Crippen molar-refractivity contribution in [1.82, 2.24) is 4.90 Å². The standard InChI is InChI=1S/C15H20ClNO3/c16-13-7-11(8-14-15(13)20-10-19-14)9-17-5-2-1-3-12(17)4-6-18/h7-8,12,18H,1-6,9-10H2. The van der Waals surface area contributed by atoms with Crippen LogP contribution in [0, 0.1) is 0 Å². The predicted octanol–water partition coefficient (Wildman–Crippen LogP) is 2.81. The zero-order chi connectivity index (χ0) is 13.9. The first-order chi connectivity index (χ1) is 9.78. The van der Waals surface area contributed by atoms with Crippen molar-refractivity contribution < 1.29 is 14.6 Å². The summed E-state index contributed by atoms with van der Waals surface area (Å²) >= 11 is 6.23. The Balaban J connectivity index is 1.74. The third-order valence-electron chi connectivity index (χ3n) is 4.08. The number of aliphatic hydroxyl groups excluding tert-OH is 1. The van der Waals surface area contributed by atoms with Gasteiger partial charge >= 0.3 is 0 Å². The minimum atomic E-state index is 0.245. The Labute approximate surface area is 124 Å². The van der Waals surface area contributed by atoms with Crippen LogP contribution < -0.4 is 9.47 Å². The van der Waals surface area contributed by atoms with Gasteiger partial charge in [0.05, 0.1) is 5.02 Å². The van der Waals surface area contributed by atoms with Crippen LogP contribution in [0.3, 0.4) is 0 Å². The number of fused-ring (bicyclic) bond motifs is 1. The van der Waals surface area contributed by atoms with Gasteiger partial charge in [0, 0.05) is 19.2 Å². The molecule has 1 aromatic rings. The van der Waals surface area contributed by atoms with Crippen molar-refractivity contribution in [3.8, 4) is 11.5 Å². The fourth-order valence-corrected chi connectivity index (χ4v) is 3.38. The van der Waals surface area contributed by atoms with Crippen molar-refractivity contribution in [3.05, 3.63) is 22.7 Å². The first-order valence-corrected chi connectivity index (χ1v) is 7.58. The van der Waals surface area contributed by atoms with Crippen molar-refractivity contribution in [2.24, 2.45) is 0 Å². The summed E-state index contributed by atoms with van der Waals surface area (Å²) in [6, 6.07) is 4.44. The second kappa shape index (κ2) is 6.20. The van der Waals surface area contributed by atoms with Gasteiger partial charge < -0.3 is 14.6 Å². The summed E-state index contributed by atoms with van der Waals surface area (Å²) in [7, 11) is 0. The number of hydrogen-bond acceptors (Lipinski definition) is 4. The first kappa shape index (κ1) is 14.0. The molecule has 1 atom stereocenters. The van der Waals surface area contributed by atoms with E-state index in [1.807, 2.05) is 12.1 Å². The molecule has 1 fully saturated rings. The van der Waals surface area contributed by atoms with E-state index in [2.05, 4.69) is 4.90 Å². The molecule has 0 aliphatic carbocycles. The van der Waals surface area contributed by atoms with E-state index in [4.69, 9.17) is 21.1 Å². The quantitative estimate of drug-likeness (QED) is 0.928. The van der Waals surface area contributed by atoms with Gasteiger partial charge in [-0.15, -0.1) is 0 Å². The van der Waals surface area contributed by atoms with E-state index >= 15 is 0 Å². The third-order valence-corrected chi connectivity index (χ3v) is 4.36. The molecule has 0 bridgehead atoms. The summed E-state index contributed by atoms with van der Waals surface area (Å²) in [6.07, 6.45) is 4.49. The lowest BCUT2D eigenvalue weighted by Gasteiger charge is -2.35. The number of halogens is 1. The van der Waals surface area contributed by atoms with E-state index < -0.39 is 0 Å². The van der Waals surface area contributed by atoms with Crippen LogP contribution in [0.25, 0.3) is 0 Å². The lowest BCUT2D eigenvalue weighted by atomic mass is 9.99. The Morgan fingerprint density at radius 3 is 3.05 bits per heavy atom. The molecule has 5 heteroatoms. The molecule has 1 unspecified atom stereocenters. The van der Waals surface area contributed by atoms with Gasteiger partial charge in [-0.3, -0.25) is 4.90 Å². The average molecular weight is 298 g/mol. The highest BCUT2D eigenvalue weighted by Gasteiger charge is 2.24. The van der Waals surface area contributed by atoms with Gasteiger partial charge in [-0.25, -0.2) is 0 Å². The number of hydrogen-bond donors (Lipinski definition) is 1. The van der Waals surface area contributed by atoms with Crippen LogP contribution >= 0.6 is 11.6 Å². The van der Waals surface area contributed by atoms with Crippen LogP contribution in [0.15, 0.2) is 12.1 Å². The Morgan fingerprint density at radius 1 is 1.30 bits per heavy atom. The fraction of sp³-hybridized carbons (Fsp3) is 0.600. The lowest BCUT2D eigenvalue weighted by molar-refractivity contribution is 0.112. The number of rotatable bonds is 4. The molecule has 0 amide bonds. The summed E-state index contributed by atoms with van der Waals surface area (Å²) in [5, 5.41) is 9.81. The highest BCUT2D eigenvalue weighted by molar-refractivity contribution is 6.32. The molecule has 2 aliphatic rings. The molecular formula is C15H20ClNO3. The Kier molecular flexibility index (Phi) is 4.34. The molecule has 2 heterocycles. The summed E-state index contributed by atoms with van der Waals surface area (Å²) in [5.74, 6) is 1.39. The van der Waals surface area contributed by atoms with E-state index in [9.17, 15) is 5.11 Å². The SMILES string of the molecule is OCCC1CCCCN1Cc1cc(Cl)c2c(c1)OCO2. The Morgan fingerprint density at radius 2 is 2.20 bits per heavy atom. The predicted molar refractivity (Wildman–Crippen MR) is 77.3 cm³/mol. The smallest absolute Gasteiger partial charge is 0.231 e. The Bertz CT molecular complexity index is 478. The highest BCUT2D eigenvalue weighted by Crippen LogP contribution is 2.40. The molecule has 0 radical (unpaired) electrons. The van der Waals surface area contributed by atoms with Crippen LogP contribution in [0.5, 0.6) is 11.5 Å². The molecule has 0 saturated carbocycles. The number of piperidine rings is 1. The topological polar surface area (TPSA) is 41.9 Å². The summed E-state index contributed by atoms with van der Waals surface area (Å²) < 4.78 is 10.8. The average Bonchev–Trinajstić information content (AvgIpc) is 2.90. The van der Waals surface area contributed by atoms with Crippen LogP contribution in [0.2, 0.25) is 5.02 Å². The summed E-state index contributed by atoms with van der Waals surface area (Å²) in [6.45, 7) is 2.43. The monoisotopic (exact) mass is 297 g/mol. The van der Waals surface area contributed by atoms with Crippen LogP contribution in [-0.2, 0) is 6.54 Å². The largest absolute Gasteiger partial charge is 0.454 e. The van der Waals surface area contributed by atoms with E-state index in [1.165, 1.54) is 19.3 Å². The maximum absolute atomic E-state index is 9.19.